The summed E-state index contributed by atoms with van der Waals surface area (Å²) in [5.74, 6) is 0. The van der Waals surface area contributed by atoms with Crippen LogP contribution in [0.15, 0.2) is 66.3 Å². The minimum absolute atomic E-state index is 0.384. The predicted molar refractivity (Wildman–Crippen MR) is 119 cm³/mol. The molecule has 4 rings (SSSR count). The predicted octanol–water partition coefficient (Wildman–Crippen LogP) is 5.83. The van der Waals surface area contributed by atoms with E-state index < -0.39 is 0 Å². The number of hydrogen-bond donors (Lipinski definition) is 2. The molecule has 144 valence electrons. The van der Waals surface area contributed by atoms with Gasteiger partial charge in [0.05, 0.1) is 6.10 Å². The molecule has 2 N–H and O–H groups in total. The molecule has 4 aromatic rings. The van der Waals surface area contributed by atoms with E-state index in [4.69, 9.17) is 0 Å². The highest BCUT2D eigenvalue weighted by Crippen LogP contribution is 2.27. The van der Waals surface area contributed by atoms with Crippen molar-refractivity contribution in [3.8, 4) is 0 Å². The van der Waals surface area contributed by atoms with E-state index in [-0.39, 0.29) is 6.10 Å². The number of hydrogen-bond acceptors (Lipinski definition) is 4. The Labute approximate surface area is 170 Å². The monoisotopic (exact) mass is 390 g/mol. The fourth-order valence-electron chi connectivity index (χ4n) is 3.61. The fraction of sp³-hybridized carbons (Fsp3) is 0.292. The zero-order chi connectivity index (χ0) is 19.3. The first-order valence-corrected chi connectivity index (χ1v) is 10.8. The number of benzene rings is 2. The molecule has 0 aliphatic heterocycles. The highest BCUT2D eigenvalue weighted by Gasteiger charge is 2.10. The van der Waals surface area contributed by atoms with Crippen molar-refractivity contribution in [3.63, 3.8) is 0 Å². The lowest BCUT2D eigenvalue weighted by molar-refractivity contribution is 0.162. The number of aliphatic hydroxyl groups excluding tert-OH is 1. The van der Waals surface area contributed by atoms with Gasteiger partial charge >= 0.3 is 0 Å². The van der Waals surface area contributed by atoms with E-state index >= 15 is 0 Å². The van der Waals surface area contributed by atoms with Crippen LogP contribution in [0.25, 0.3) is 20.9 Å². The molecule has 0 spiro atoms. The van der Waals surface area contributed by atoms with E-state index in [0.29, 0.717) is 6.04 Å². The summed E-state index contributed by atoms with van der Waals surface area (Å²) in [5.41, 5.74) is 2.31. The molecule has 0 radical (unpaired) electrons. The Balaban J connectivity index is 1.24. The number of fused-ring (bicyclic) bond motifs is 2. The molecule has 3 nitrogen and oxygen atoms in total. The Morgan fingerprint density at radius 2 is 1.93 bits per heavy atom. The Morgan fingerprint density at radius 3 is 2.86 bits per heavy atom. The van der Waals surface area contributed by atoms with Gasteiger partial charge in [0.25, 0.3) is 0 Å². The second-order valence-electron chi connectivity index (χ2n) is 7.50. The molecule has 28 heavy (non-hydrogen) atoms. The van der Waals surface area contributed by atoms with Gasteiger partial charge in [-0.3, -0.25) is 4.98 Å². The number of rotatable bonds is 8. The third-order valence-electron chi connectivity index (χ3n) is 5.34. The minimum atomic E-state index is -0.384. The largest absolute Gasteiger partial charge is 0.388 e. The topological polar surface area (TPSA) is 45.1 Å². The van der Waals surface area contributed by atoms with Crippen molar-refractivity contribution in [2.24, 2.45) is 0 Å². The van der Waals surface area contributed by atoms with Crippen molar-refractivity contribution in [3.05, 3.63) is 77.4 Å². The highest BCUT2D eigenvalue weighted by atomic mass is 32.1. The maximum Gasteiger partial charge on any atom is 0.0790 e. The van der Waals surface area contributed by atoms with Gasteiger partial charge in [-0.2, -0.15) is 0 Å². The highest BCUT2D eigenvalue weighted by molar-refractivity contribution is 7.17. The fourth-order valence-corrected chi connectivity index (χ4v) is 4.38. The number of aliphatic hydroxyl groups is 1. The molecular weight excluding hydrogens is 364 g/mol. The molecule has 1 unspecified atom stereocenters. The first kappa shape index (κ1) is 19.1. The van der Waals surface area contributed by atoms with Crippen LogP contribution in [0.4, 0.5) is 0 Å². The first-order valence-electron chi connectivity index (χ1n) is 9.90. The zero-order valence-corrected chi connectivity index (χ0v) is 17.0. The van der Waals surface area contributed by atoms with E-state index in [1.807, 2.05) is 12.4 Å². The number of nitrogens with zero attached hydrogens (tertiary/aromatic N) is 1. The van der Waals surface area contributed by atoms with Gasteiger partial charge in [0.2, 0.25) is 0 Å². The smallest absolute Gasteiger partial charge is 0.0790 e. The maximum absolute atomic E-state index is 10.5. The van der Waals surface area contributed by atoms with E-state index in [2.05, 4.69) is 71.1 Å². The molecule has 0 saturated carbocycles. The van der Waals surface area contributed by atoms with Crippen molar-refractivity contribution in [2.75, 3.05) is 0 Å². The lowest BCUT2D eigenvalue weighted by Crippen LogP contribution is -2.25. The Hall–Kier alpha value is -2.27. The van der Waals surface area contributed by atoms with Gasteiger partial charge in [0.15, 0.2) is 0 Å². The summed E-state index contributed by atoms with van der Waals surface area (Å²) >= 11 is 1.74. The van der Waals surface area contributed by atoms with Crippen molar-refractivity contribution in [1.29, 1.82) is 0 Å². The molecule has 0 aliphatic carbocycles. The van der Waals surface area contributed by atoms with Gasteiger partial charge in [-0.15, -0.1) is 11.3 Å². The molecular formula is C24H26N2OS. The summed E-state index contributed by atoms with van der Waals surface area (Å²) in [7, 11) is 0. The van der Waals surface area contributed by atoms with Crippen LogP contribution in [-0.4, -0.2) is 16.1 Å². The average molecular weight is 391 g/mol. The number of nitrogens with one attached hydrogen (secondary N) is 1. The third kappa shape index (κ3) is 4.58. The molecule has 0 amide bonds. The summed E-state index contributed by atoms with van der Waals surface area (Å²) in [6.07, 6.45) is 6.20. The van der Waals surface area contributed by atoms with Crippen molar-refractivity contribution in [1.82, 2.24) is 10.3 Å². The second kappa shape index (κ2) is 8.82. The van der Waals surface area contributed by atoms with Gasteiger partial charge in [-0.05, 0) is 83.8 Å². The molecule has 0 saturated heterocycles. The second-order valence-corrected chi connectivity index (χ2v) is 8.45. The van der Waals surface area contributed by atoms with E-state index in [1.54, 1.807) is 11.3 Å². The van der Waals surface area contributed by atoms with E-state index in [0.717, 1.165) is 31.4 Å². The van der Waals surface area contributed by atoms with Crippen LogP contribution in [0, 0.1) is 0 Å². The molecule has 0 fully saturated rings. The number of thiophene rings is 1. The van der Waals surface area contributed by atoms with Crippen LogP contribution in [0.1, 0.15) is 43.4 Å². The van der Waals surface area contributed by atoms with Crippen LogP contribution in [0.2, 0.25) is 0 Å². The van der Waals surface area contributed by atoms with Crippen LogP contribution in [0.3, 0.4) is 0 Å². The summed E-state index contributed by atoms with van der Waals surface area (Å²) < 4.78 is 1.28. The summed E-state index contributed by atoms with van der Waals surface area (Å²) in [4.78, 5) is 4.16. The molecule has 2 aromatic heterocycles. The van der Waals surface area contributed by atoms with Crippen LogP contribution >= 0.6 is 11.3 Å². The van der Waals surface area contributed by atoms with Crippen molar-refractivity contribution < 1.29 is 5.11 Å². The van der Waals surface area contributed by atoms with Gasteiger partial charge in [-0.25, -0.2) is 0 Å². The quantitative estimate of drug-likeness (QED) is 0.398. The van der Waals surface area contributed by atoms with Crippen LogP contribution in [0.5, 0.6) is 0 Å². The lowest BCUT2D eigenvalue weighted by Gasteiger charge is -2.16. The van der Waals surface area contributed by atoms with Crippen LogP contribution < -0.4 is 5.32 Å². The normalized spacial score (nSPS) is 13.8. The van der Waals surface area contributed by atoms with Gasteiger partial charge < -0.3 is 10.4 Å². The lowest BCUT2D eigenvalue weighted by atomic mass is 10.0. The van der Waals surface area contributed by atoms with E-state index in [9.17, 15) is 5.11 Å². The third-order valence-corrected chi connectivity index (χ3v) is 6.23. The summed E-state index contributed by atoms with van der Waals surface area (Å²) in [6, 6.07) is 17.4. The minimum Gasteiger partial charge on any atom is -0.388 e. The van der Waals surface area contributed by atoms with Crippen LogP contribution in [-0.2, 0) is 6.54 Å². The number of aromatic nitrogens is 1. The molecule has 2 aromatic carbocycles. The van der Waals surface area contributed by atoms with Gasteiger partial charge in [-0.1, -0.05) is 18.2 Å². The van der Waals surface area contributed by atoms with Crippen molar-refractivity contribution in [2.45, 2.75) is 44.9 Å². The average Bonchev–Trinajstić information content (AvgIpc) is 3.20. The van der Waals surface area contributed by atoms with Gasteiger partial charge in [0, 0.05) is 35.1 Å². The molecule has 0 aliphatic rings. The Morgan fingerprint density at radius 1 is 1.00 bits per heavy atom. The molecule has 2 heterocycles. The standard InChI is InChI=1S/C24H26N2OS/c1-17(26-15-18-5-6-22-16-25-11-9-19(22)13-18)3-2-4-23(27)20-7-8-24-21(14-20)10-12-28-24/h5-14,16-17,23,26-27H,2-4,15H2,1H3/t17-,23?/m1/s1. The number of pyridine rings is 1. The van der Waals surface area contributed by atoms with Gasteiger partial charge in [0.1, 0.15) is 0 Å². The Kier molecular flexibility index (Phi) is 6.01. The summed E-state index contributed by atoms with van der Waals surface area (Å²) in [6.45, 7) is 3.07. The SMILES string of the molecule is C[C@H](CCCC(O)c1ccc2sccc2c1)NCc1ccc2cnccc2c1. The van der Waals surface area contributed by atoms with E-state index in [1.165, 1.54) is 26.4 Å². The summed E-state index contributed by atoms with van der Waals surface area (Å²) in [5, 5.41) is 19.8. The molecule has 0 bridgehead atoms. The molecule has 2 atom stereocenters. The maximum atomic E-state index is 10.5. The Bertz CT molecular complexity index is 1060. The molecule has 4 heteroatoms. The zero-order valence-electron chi connectivity index (χ0n) is 16.1. The first-order chi connectivity index (χ1) is 13.7. The van der Waals surface area contributed by atoms with Crippen molar-refractivity contribution >= 4 is 32.2 Å².